The summed E-state index contributed by atoms with van der Waals surface area (Å²) in [5, 5.41) is 6.38. The van der Waals surface area contributed by atoms with Crippen molar-refractivity contribution in [2.75, 3.05) is 10.6 Å². The van der Waals surface area contributed by atoms with Gasteiger partial charge in [-0.1, -0.05) is 13.3 Å². The minimum absolute atomic E-state index is 0.170. The minimum atomic E-state index is 0.170. The smallest absolute Gasteiger partial charge is 0.227 e. The van der Waals surface area contributed by atoms with Crippen LogP contribution in [0.25, 0.3) is 0 Å². The molecule has 3 nitrogen and oxygen atoms in total. The van der Waals surface area contributed by atoms with Gasteiger partial charge in [0, 0.05) is 23.3 Å². The molecule has 1 aromatic carbocycles. The van der Waals surface area contributed by atoms with E-state index < -0.39 is 0 Å². The van der Waals surface area contributed by atoms with E-state index in [0.29, 0.717) is 6.04 Å². The summed E-state index contributed by atoms with van der Waals surface area (Å²) < 4.78 is 0. The summed E-state index contributed by atoms with van der Waals surface area (Å²) in [7, 11) is 0. The quantitative estimate of drug-likeness (QED) is 0.833. The molecule has 1 aliphatic rings. The Labute approximate surface area is 109 Å². The molecule has 1 amide bonds. The van der Waals surface area contributed by atoms with Crippen LogP contribution in [0.15, 0.2) is 24.3 Å². The van der Waals surface area contributed by atoms with Crippen LogP contribution in [0.5, 0.6) is 0 Å². The summed E-state index contributed by atoms with van der Waals surface area (Å²) in [5.41, 5.74) is 1.99. The Morgan fingerprint density at radius 2 is 1.89 bits per heavy atom. The monoisotopic (exact) mass is 246 g/mol. The molecule has 0 aliphatic heterocycles. The number of benzene rings is 1. The van der Waals surface area contributed by atoms with E-state index in [1.54, 1.807) is 0 Å². The largest absolute Gasteiger partial charge is 0.383 e. The zero-order valence-electron chi connectivity index (χ0n) is 11.2. The molecular weight excluding hydrogens is 224 g/mol. The maximum atomic E-state index is 11.8. The third kappa shape index (κ3) is 3.25. The van der Waals surface area contributed by atoms with Gasteiger partial charge in [0.1, 0.15) is 0 Å². The van der Waals surface area contributed by atoms with Gasteiger partial charge in [0.05, 0.1) is 0 Å². The molecule has 1 aliphatic carbocycles. The Kier molecular flexibility index (Phi) is 4.24. The molecule has 0 saturated heterocycles. The topological polar surface area (TPSA) is 41.1 Å². The van der Waals surface area contributed by atoms with Crippen molar-refractivity contribution in [1.29, 1.82) is 0 Å². The molecule has 1 aromatic rings. The highest BCUT2D eigenvalue weighted by molar-refractivity contribution is 5.93. The molecule has 0 bridgehead atoms. The van der Waals surface area contributed by atoms with Gasteiger partial charge < -0.3 is 10.6 Å². The summed E-state index contributed by atoms with van der Waals surface area (Å²) in [6.45, 7) is 4.32. The number of carbonyl (C=O) groups is 1. The Hall–Kier alpha value is -1.51. The molecule has 18 heavy (non-hydrogen) atoms. The van der Waals surface area contributed by atoms with Crippen LogP contribution in [0.2, 0.25) is 0 Å². The van der Waals surface area contributed by atoms with Gasteiger partial charge in [-0.2, -0.15) is 0 Å². The minimum Gasteiger partial charge on any atom is -0.383 e. The third-order valence-electron chi connectivity index (χ3n) is 3.65. The molecule has 1 saturated carbocycles. The fraction of sp³-hybridized carbons (Fsp3) is 0.533. The van der Waals surface area contributed by atoms with Crippen molar-refractivity contribution in [3.63, 3.8) is 0 Å². The second-order valence-electron chi connectivity index (χ2n) is 5.15. The van der Waals surface area contributed by atoms with Crippen molar-refractivity contribution in [1.82, 2.24) is 0 Å². The lowest BCUT2D eigenvalue weighted by Crippen LogP contribution is -2.27. The fourth-order valence-corrected chi connectivity index (χ4v) is 1.95. The highest BCUT2D eigenvalue weighted by Gasteiger charge is 2.24. The fourth-order valence-electron chi connectivity index (χ4n) is 1.95. The molecule has 1 unspecified atom stereocenters. The van der Waals surface area contributed by atoms with E-state index in [2.05, 4.69) is 24.5 Å². The molecule has 2 rings (SSSR count). The van der Waals surface area contributed by atoms with Crippen LogP contribution in [0.3, 0.4) is 0 Å². The Morgan fingerprint density at radius 1 is 1.28 bits per heavy atom. The first-order chi connectivity index (χ1) is 8.69. The maximum Gasteiger partial charge on any atom is 0.227 e. The first kappa shape index (κ1) is 12.9. The summed E-state index contributed by atoms with van der Waals surface area (Å²) >= 11 is 0. The van der Waals surface area contributed by atoms with Crippen LogP contribution in [0, 0.1) is 5.92 Å². The van der Waals surface area contributed by atoms with Gasteiger partial charge in [0.2, 0.25) is 5.91 Å². The maximum absolute atomic E-state index is 11.8. The van der Waals surface area contributed by atoms with E-state index in [1.165, 1.54) is 6.42 Å². The van der Waals surface area contributed by atoms with Gasteiger partial charge in [0.15, 0.2) is 0 Å². The number of hydrogen-bond acceptors (Lipinski definition) is 2. The van der Waals surface area contributed by atoms with Gasteiger partial charge >= 0.3 is 0 Å². The van der Waals surface area contributed by atoms with Gasteiger partial charge in [-0.3, -0.25) is 4.79 Å². The van der Waals surface area contributed by atoms with Crippen LogP contribution in [0.1, 0.15) is 39.5 Å². The summed E-state index contributed by atoms with van der Waals surface area (Å²) in [5.74, 6) is 0.409. The summed E-state index contributed by atoms with van der Waals surface area (Å²) in [4.78, 5) is 11.8. The van der Waals surface area contributed by atoms with Crippen LogP contribution in [-0.2, 0) is 4.79 Å². The van der Waals surface area contributed by atoms with Gasteiger partial charge in [0.25, 0.3) is 0 Å². The van der Waals surface area contributed by atoms with E-state index in [0.717, 1.165) is 30.6 Å². The van der Waals surface area contributed by atoms with E-state index in [4.69, 9.17) is 0 Å². The normalized spacial score (nSPS) is 16.8. The van der Waals surface area contributed by atoms with Crippen molar-refractivity contribution in [3.05, 3.63) is 24.3 Å². The highest BCUT2D eigenvalue weighted by atomic mass is 16.1. The molecule has 0 spiro atoms. The highest BCUT2D eigenvalue weighted by Crippen LogP contribution is 2.27. The second kappa shape index (κ2) is 5.89. The lowest BCUT2D eigenvalue weighted by molar-refractivity contribution is -0.122. The average molecular weight is 246 g/mol. The second-order valence-corrected chi connectivity index (χ2v) is 5.15. The number of anilines is 2. The van der Waals surface area contributed by atoms with E-state index >= 15 is 0 Å². The zero-order chi connectivity index (χ0) is 13.0. The average Bonchev–Trinajstić information content (AvgIpc) is 2.29. The summed E-state index contributed by atoms with van der Waals surface area (Å²) in [6.07, 6.45) is 4.37. The molecule has 98 valence electrons. The number of nitrogens with one attached hydrogen (secondary N) is 2. The Morgan fingerprint density at radius 3 is 2.39 bits per heavy atom. The third-order valence-corrected chi connectivity index (χ3v) is 3.65. The lowest BCUT2D eigenvalue weighted by atomic mass is 9.85. The van der Waals surface area contributed by atoms with Crippen molar-refractivity contribution in [2.45, 2.75) is 45.6 Å². The van der Waals surface area contributed by atoms with Gasteiger partial charge in [-0.25, -0.2) is 0 Å². The van der Waals surface area contributed by atoms with Crippen molar-refractivity contribution >= 4 is 17.3 Å². The molecule has 1 fully saturated rings. The molecule has 1 atom stereocenters. The predicted octanol–water partition coefficient (Wildman–Crippen LogP) is 3.64. The number of amides is 1. The number of rotatable bonds is 5. The van der Waals surface area contributed by atoms with Crippen molar-refractivity contribution in [3.8, 4) is 0 Å². The molecule has 2 N–H and O–H groups in total. The predicted molar refractivity (Wildman–Crippen MR) is 75.8 cm³/mol. The molecule has 0 radical (unpaired) electrons. The standard InChI is InChI=1S/C15H22N2O/c1-3-11(2)16-13-7-9-14(10-8-13)17-15(18)12-5-4-6-12/h7-12,16H,3-6H2,1-2H3,(H,17,18). The first-order valence-corrected chi connectivity index (χ1v) is 6.86. The van der Waals surface area contributed by atoms with Crippen LogP contribution in [0.4, 0.5) is 11.4 Å². The first-order valence-electron chi connectivity index (χ1n) is 6.86. The van der Waals surface area contributed by atoms with Crippen molar-refractivity contribution < 1.29 is 4.79 Å². The van der Waals surface area contributed by atoms with Crippen LogP contribution in [-0.4, -0.2) is 11.9 Å². The number of carbonyl (C=O) groups excluding carboxylic acids is 1. The molecule has 0 aromatic heterocycles. The molecule has 3 heteroatoms. The van der Waals surface area contributed by atoms with Crippen molar-refractivity contribution in [2.24, 2.45) is 5.92 Å². The summed E-state index contributed by atoms with van der Waals surface area (Å²) in [6, 6.07) is 8.42. The lowest BCUT2D eigenvalue weighted by Gasteiger charge is -2.24. The van der Waals surface area contributed by atoms with E-state index in [1.807, 2.05) is 24.3 Å². The Balaban J connectivity index is 1.88. The van der Waals surface area contributed by atoms with Gasteiger partial charge in [-0.15, -0.1) is 0 Å². The Bertz CT molecular complexity index is 395. The SMILES string of the molecule is CCC(C)Nc1ccc(NC(=O)C2CCC2)cc1. The van der Waals surface area contributed by atoms with E-state index in [9.17, 15) is 4.79 Å². The van der Waals surface area contributed by atoms with E-state index in [-0.39, 0.29) is 11.8 Å². The van der Waals surface area contributed by atoms with Crippen LogP contribution >= 0.6 is 0 Å². The van der Waals surface area contributed by atoms with Crippen LogP contribution < -0.4 is 10.6 Å². The number of hydrogen-bond donors (Lipinski definition) is 2. The molecular formula is C15H22N2O. The zero-order valence-corrected chi connectivity index (χ0v) is 11.2. The van der Waals surface area contributed by atoms with Gasteiger partial charge in [-0.05, 0) is 50.5 Å². The molecule has 0 heterocycles.